The van der Waals surface area contributed by atoms with Crippen LogP contribution in [0.25, 0.3) is 11.1 Å². The number of rotatable bonds is 8. The number of hydrogen-bond acceptors (Lipinski definition) is 5. The van der Waals surface area contributed by atoms with Crippen molar-refractivity contribution < 1.29 is 17.9 Å². The van der Waals surface area contributed by atoms with Gasteiger partial charge in [-0.15, -0.1) is 0 Å². The van der Waals surface area contributed by atoms with Crippen LogP contribution in [0.3, 0.4) is 0 Å². The Morgan fingerprint density at radius 3 is 2.57 bits per heavy atom. The fourth-order valence-electron chi connectivity index (χ4n) is 4.45. The quantitative estimate of drug-likeness (QED) is 0.365. The van der Waals surface area contributed by atoms with E-state index in [4.69, 9.17) is 4.74 Å². The van der Waals surface area contributed by atoms with Crippen molar-refractivity contribution in [1.29, 1.82) is 0 Å². The predicted molar refractivity (Wildman–Crippen MR) is 140 cm³/mol. The summed E-state index contributed by atoms with van der Waals surface area (Å²) >= 11 is 0. The summed E-state index contributed by atoms with van der Waals surface area (Å²) in [5, 5.41) is 5.69. The van der Waals surface area contributed by atoms with Gasteiger partial charge < -0.3 is 4.74 Å². The molecule has 2 aromatic carbocycles. The lowest BCUT2D eigenvalue weighted by Gasteiger charge is -2.24. The Bertz CT molecular complexity index is 1310. The average molecular weight is 512 g/mol. The van der Waals surface area contributed by atoms with Crippen LogP contribution in [0.4, 0.5) is 0 Å². The Balaban J connectivity index is 1.52. The van der Waals surface area contributed by atoms with Gasteiger partial charge in [-0.3, -0.25) is 9.48 Å². The fourth-order valence-corrected chi connectivity index (χ4v) is 6.89. The van der Waals surface area contributed by atoms with Crippen molar-refractivity contribution in [3.05, 3.63) is 66.0 Å². The van der Waals surface area contributed by atoms with Crippen molar-refractivity contribution in [2.24, 2.45) is 0 Å². The SMILES string of the molecule is CCOC(=O)Cn1ncc2c1CCC[C@H]2NS(=O)(=O)c1ccc(-c2cccc([Si](C)(C)C)c2)cc1. The first-order valence-corrected chi connectivity index (χ1v) is 17.0. The Hall–Kier alpha value is -2.75. The molecule has 186 valence electrons. The largest absolute Gasteiger partial charge is 0.465 e. The Morgan fingerprint density at radius 2 is 1.89 bits per heavy atom. The standard InChI is InChI=1S/C26H33N3O4SSi/c1-5-33-26(30)18-29-25-11-7-10-24(23(25)17-27-29)28-34(31,32)21-14-12-19(13-15-21)20-8-6-9-22(16-20)35(2,3)4/h6,8-9,12-17,24,28H,5,7,10-11,18H2,1-4H3/t24-/m1/s1. The van der Waals surface area contributed by atoms with E-state index in [9.17, 15) is 13.2 Å². The smallest absolute Gasteiger partial charge is 0.327 e. The highest BCUT2D eigenvalue weighted by atomic mass is 32.2. The summed E-state index contributed by atoms with van der Waals surface area (Å²) in [6.45, 7) is 9.04. The summed E-state index contributed by atoms with van der Waals surface area (Å²) in [5.74, 6) is -0.350. The van der Waals surface area contributed by atoms with E-state index in [1.54, 1.807) is 29.9 Å². The molecular formula is C26H33N3O4SSi. The van der Waals surface area contributed by atoms with Crippen LogP contribution in [0.15, 0.2) is 59.6 Å². The number of carbonyl (C=O) groups is 1. The summed E-state index contributed by atoms with van der Waals surface area (Å²) in [7, 11) is -5.17. The second kappa shape index (κ2) is 10.1. The molecule has 0 unspecified atom stereocenters. The van der Waals surface area contributed by atoms with Gasteiger partial charge >= 0.3 is 5.97 Å². The zero-order valence-electron chi connectivity index (χ0n) is 20.7. The molecule has 1 heterocycles. The van der Waals surface area contributed by atoms with Crippen LogP contribution in [0.2, 0.25) is 19.6 Å². The van der Waals surface area contributed by atoms with Crippen molar-refractivity contribution in [3.8, 4) is 11.1 Å². The number of ether oxygens (including phenoxy) is 1. The lowest BCUT2D eigenvalue weighted by molar-refractivity contribution is -0.144. The second-order valence-corrected chi connectivity index (χ2v) is 16.7. The van der Waals surface area contributed by atoms with Gasteiger partial charge in [0, 0.05) is 11.3 Å². The predicted octanol–water partition coefficient (Wildman–Crippen LogP) is 4.01. The van der Waals surface area contributed by atoms with Gasteiger partial charge in [-0.25, -0.2) is 13.1 Å². The lowest BCUT2D eigenvalue weighted by Crippen LogP contribution is -2.37. The molecule has 1 atom stereocenters. The molecule has 0 saturated carbocycles. The molecule has 0 radical (unpaired) electrons. The Labute approximate surface area is 208 Å². The van der Waals surface area contributed by atoms with Crippen LogP contribution >= 0.6 is 0 Å². The highest BCUT2D eigenvalue weighted by Gasteiger charge is 2.29. The molecule has 0 amide bonds. The first-order chi connectivity index (χ1) is 16.6. The minimum absolute atomic E-state index is 0.0308. The molecule has 7 nitrogen and oxygen atoms in total. The van der Waals surface area contributed by atoms with Crippen molar-refractivity contribution in [1.82, 2.24) is 14.5 Å². The normalized spacial score (nSPS) is 16.1. The van der Waals surface area contributed by atoms with E-state index in [-0.39, 0.29) is 23.5 Å². The Morgan fingerprint density at radius 1 is 1.14 bits per heavy atom. The minimum Gasteiger partial charge on any atom is -0.465 e. The van der Waals surface area contributed by atoms with Gasteiger partial charge in [0.15, 0.2) is 0 Å². The van der Waals surface area contributed by atoms with E-state index >= 15 is 0 Å². The van der Waals surface area contributed by atoms with Gasteiger partial charge in [0.1, 0.15) is 6.54 Å². The zero-order chi connectivity index (χ0) is 25.2. The van der Waals surface area contributed by atoms with Crippen molar-refractivity contribution in [2.75, 3.05) is 6.61 Å². The number of nitrogens with zero attached hydrogens (tertiary/aromatic N) is 2. The van der Waals surface area contributed by atoms with Crippen LogP contribution in [0.1, 0.15) is 37.1 Å². The topological polar surface area (TPSA) is 90.3 Å². The summed E-state index contributed by atoms with van der Waals surface area (Å²) in [6, 6.07) is 15.2. The number of carbonyl (C=O) groups excluding carboxylic acids is 1. The van der Waals surface area contributed by atoms with Crippen LogP contribution in [0.5, 0.6) is 0 Å². The number of aromatic nitrogens is 2. The highest BCUT2D eigenvalue weighted by Crippen LogP contribution is 2.31. The van der Waals surface area contributed by atoms with E-state index in [0.717, 1.165) is 35.2 Å². The minimum atomic E-state index is -3.73. The number of hydrogen-bond donors (Lipinski definition) is 1. The molecule has 1 aliphatic carbocycles. The van der Waals surface area contributed by atoms with E-state index < -0.39 is 18.1 Å². The first-order valence-electron chi connectivity index (χ1n) is 12.0. The number of esters is 1. The molecular weight excluding hydrogens is 478 g/mol. The summed E-state index contributed by atoms with van der Waals surface area (Å²) < 4.78 is 35.9. The molecule has 1 N–H and O–H groups in total. The summed E-state index contributed by atoms with van der Waals surface area (Å²) in [4.78, 5) is 12.1. The summed E-state index contributed by atoms with van der Waals surface area (Å²) in [6.07, 6.45) is 3.90. The van der Waals surface area contributed by atoms with Crippen LogP contribution in [-0.2, 0) is 32.5 Å². The zero-order valence-corrected chi connectivity index (χ0v) is 22.6. The third-order valence-corrected chi connectivity index (χ3v) is 9.90. The molecule has 0 fully saturated rings. The van der Waals surface area contributed by atoms with Crippen LogP contribution < -0.4 is 9.91 Å². The Kier molecular flexibility index (Phi) is 7.30. The number of fused-ring (bicyclic) bond motifs is 1. The third kappa shape index (κ3) is 5.74. The third-order valence-electron chi connectivity index (χ3n) is 6.37. The van der Waals surface area contributed by atoms with Gasteiger partial charge in [0.2, 0.25) is 10.0 Å². The fraction of sp³-hybridized carbons (Fsp3) is 0.385. The maximum absolute atomic E-state index is 13.2. The van der Waals surface area contributed by atoms with Crippen LogP contribution in [-0.4, -0.2) is 38.8 Å². The molecule has 0 spiro atoms. The van der Waals surface area contributed by atoms with E-state index in [1.165, 1.54) is 5.19 Å². The number of sulfonamides is 1. The molecule has 0 saturated heterocycles. The van der Waals surface area contributed by atoms with E-state index in [0.29, 0.717) is 13.0 Å². The van der Waals surface area contributed by atoms with Crippen molar-refractivity contribution in [3.63, 3.8) is 0 Å². The van der Waals surface area contributed by atoms with Crippen molar-refractivity contribution in [2.45, 2.75) is 63.3 Å². The van der Waals surface area contributed by atoms with Gasteiger partial charge in [-0.05, 0) is 49.4 Å². The van der Waals surface area contributed by atoms with E-state index in [2.05, 4.69) is 53.7 Å². The molecule has 1 aliphatic rings. The maximum Gasteiger partial charge on any atom is 0.327 e. The average Bonchev–Trinajstić information content (AvgIpc) is 3.22. The molecule has 3 aromatic rings. The van der Waals surface area contributed by atoms with Gasteiger partial charge in [0.05, 0.1) is 31.8 Å². The molecule has 0 bridgehead atoms. The van der Waals surface area contributed by atoms with Crippen molar-refractivity contribution >= 4 is 29.3 Å². The summed E-state index contributed by atoms with van der Waals surface area (Å²) in [5.41, 5.74) is 3.79. The molecule has 4 rings (SSSR count). The molecule has 0 aliphatic heterocycles. The first kappa shape index (κ1) is 25.3. The highest BCUT2D eigenvalue weighted by molar-refractivity contribution is 7.89. The second-order valence-electron chi connectivity index (χ2n) is 9.93. The van der Waals surface area contributed by atoms with Gasteiger partial charge in [0.25, 0.3) is 0 Å². The van der Waals surface area contributed by atoms with Gasteiger partial charge in [-0.2, -0.15) is 5.10 Å². The lowest BCUT2D eigenvalue weighted by atomic mass is 9.94. The molecule has 1 aromatic heterocycles. The number of benzene rings is 2. The molecule has 35 heavy (non-hydrogen) atoms. The maximum atomic E-state index is 13.2. The van der Waals surface area contributed by atoms with Crippen LogP contribution in [0, 0.1) is 0 Å². The van der Waals surface area contributed by atoms with Gasteiger partial charge in [-0.1, -0.05) is 61.2 Å². The number of nitrogens with one attached hydrogen (secondary N) is 1. The molecule has 9 heteroatoms. The monoisotopic (exact) mass is 511 g/mol. The van der Waals surface area contributed by atoms with E-state index in [1.807, 2.05) is 12.1 Å².